The number of amides is 1. The number of hydrogen-bond acceptors (Lipinski definition) is 3. The van der Waals surface area contributed by atoms with Gasteiger partial charge in [-0.05, 0) is 47.4 Å². The molecule has 144 valence electrons. The minimum atomic E-state index is -1.21. The van der Waals surface area contributed by atoms with E-state index in [1.54, 1.807) is 12.1 Å². The molecule has 0 bridgehead atoms. The van der Waals surface area contributed by atoms with Gasteiger partial charge in [-0.3, -0.25) is 4.79 Å². The number of phenolic OH excluding ortho intramolecular Hbond substituents is 1. The second kappa shape index (κ2) is 8.63. The molecule has 0 aliphatic heterocycles. The van der Waals surface area contributed by atoms with Crippen molar-refractivity contribution in [1.82, 2.24) is 5.32 Å². The molecule has 0 spiro atoms. The molecule has 28 heavy (non-hydrogen) atoms. The molecule has 3 rings (SSSR count). The van der Waals surface area contributed by atoms with E-state index in [2.05, 4.69) is 5.32 Å². The summed E-state index contributed by atoms with van der Waals surface area (Å²) in [5.41, 5.74) is 2.12. The molecule has 1 atom stereocenters. The first kappa shape index (κ1) is 19.5. The molecular formula is C22H19F2NO3. The van der Waals surface area contributed by atoms with Gasteiger partial charge in [0.05, 0.1) is 11.7 Å². The Labute approximate surface area is 161 Å². The molecule has 0 aromatic heterocycles. The Morgan fingerprint density at radius 1 is 0.929 bits per heavy atom. The molecule has 0 saturated heterocycles. The van der Waals surface area contributed by atoms with E-state index in [4.69, 9.17) is 0 Å². The summed E-state index contributed by atoms with van der Waals surface area (Å²) >= 11 is 0. The number of halogens is 2. The highest BCUT2D eigenvalue weighted by molar-refractivity contribution is 5.97. The SMILES string of the molecule is O=C(NCC(O)c1ccc(F)c(F)c1)c1cc(Cc2ccccc2)ccc1O. The molecule has 6 heteroatoms. The largest absolute Gasteiger partial charge is 0.507 e. The molecule has 0 fully saturated rings. The van der Waals surface area contributed by atoms with Crippen molar-refractivity contribution >= 4 is 5.91 Å². The molecule has 1 amide bonds. The minimum absolute atomic E-state index is 0.0749. The molecule has 3 aromatic rings. The Morgan fingerprint density at radius 3 is 2.39 bits per heavy atom. The third-order valence-corrected chi connectivity index (χ3v) is 4.34. The first-order valence-corrected chi connectivity index (χ1v) is 8.71. The van der Waals surface area contributed by atoms with Crippen LogP contribution in [0.4, 0.5) is 8.78 Å². The molecular weight excluding hydrogens is 364 g/mol. The van der Waals surface area contributed by atoms with Crippen molar-refractivity contribution in [3.8, 4) is 5.75 Å². The quantitative estimate of drug-likeness (QED) is 0.608. The fourth-order valence-electron chi connectivity index (χ4n) is 2.83. The fraction of sp³-hybridized carbons (Fsp3) is 0.136. The number of carbonyl (C=O) groups excluding carboxylic acids is 1. The number of aliphatic hydroxyl groups is 1. The van der Waals surface area contributed by atoms with E-state index in [1.807, 2.05) is 30.3 Å². The van der Waals surface area contributed by atoms with E-state index in [0.717, 1.165) is 23.3 Å². The van der Waals surface area contributed by atoms with Crippen LogP contribution in [-0.2, 0) is 6.42 Å². The van der Waals surface area contributed by atoms with Crippen LogP contribution in [0.5, 0.6) is 5.75 Å². The molecule has 1 unspecified atom stereocenters. The van der Waals surface area contributed by atoms with Crippen LogP contribution in [-0.4, -0.2) is 22.7 Å². The van der Waals surface area contributed by atoms with Gasteiger partial charge in [0, 0.05) is 6.54 Å². The summed E-state index contributed by atoms with van der Waals surface area (Å²) in [4.78, 5) is 12.4. The smallest absolute Gasteiger partial charge is 0.255 e. The third kappa shape index (κ3) is 4.72. The van der Waals surface area contributed by atoms with Crippen LogP contribution < -0.4 is 5.32 Å². The Morgan fingerprint density at radius 2 is 1.68 bits per heavy atom. The summed E-state index contributed by atoms with van der Waals surface area (Å²) in [5.74, 6) is -2.85. The molecule has 0 saturated carbocycles. The van der Waals surface area contributed by atoms with Gasteiger partial charge in [-0.1, -0.05) is 42.5 Å². The highest BCUT2D eigenvalue weighted by atomic mass is 19.2. The summed E-state index contributed by atoms with van der Waals surface area (Å²) in [6.45, 7) is -0.216. The van der Waals surface area contributed by atoms with Gasteiger partial charge in [0.25, 0.3) is 5.91 Å². The molecule has 3 N–H and O–H groups in total. The van der Waals surface area contributed by atoms with E-state index in [9.17, 15) is 23.8 Å². The summed E-state index contributed by atoms with van der Waals surface area (Å²) in [7, 11) is 0. The second-order valence-corrected chi connectivity index (χ2v) is 6.41. The summed E-state index contributed by atoms with van der Waals surface area (Å²) in [5, 5.41) is 22.6. The predicted molar refractivity (Wildman–Crippen MR) is 101 cm³/mol. The van der Waals surface area contributed by atoms with Crippen LogP contribution in [0.1, 0.15) is 33.2 Å². The predicted octanol–water partition coefficient (Wildman–Crippen LogP) is 3.72. The monoisotopic (exact) mass is 383 g/mol. The Balaban J connectivity index is 1.68. The molecule has 0 heterocycles. The van der Waals surface area contributed by atoms with Crippen LogP contribution in [0.25, 0.3) is 0 Å². The molecule has 4 nitrogen and oxygen atoms in total. The van der Waals surface area contributed by atoms with E-state index in [1.165, 1.54) is 12.1 Å². The van der Waals surface area contributed by atoms with E-state index in [0.29, 0.717) is 6.42 Å². The van der Waals surface area contributed by atoms with Crippen LogP contribution in [0, 0.1) is 11.6 Å². The van der Waals surface area contributed by atoms with Crippen molar-refractivity contribution in [3.05, 3.63) is 101 Å². The minimum Gasteiger partial charge on any atom is -0.507 e. The summed E-state index contributed by atoms with van der Waals surface area (Å²) in [6, 6.07) is 17.5. The number of carbonyl (C=O) groups is 1. The van der Waals surface area contributed by atoms with Gasteiger partial charge < -0.3 is 15.5 Å². The van der Waals surface area contributed by atoms with Gasteiger partial charge in [-0.15, -0.1) is 0 Å². The van der Waals surface area contributed by atoms with Gasteiger partial charge in [0.2, 0.25) is 0 Å². The van der Waals surface area contributed by atoms with E-state index >= 15 is 0 Å². The Kier molecular flexibility index (Phi) is 6.01. The van der Waals surface area contributed by atoms with Crippen LogP contribution >= 0.6 is 0 Å². The van der Waals surface area contributed by atoms with Gasteiger partial charge >= 0.3 is 0 Å². The fourth-order valence-corrected chi connectivity index (χ4v) is 2.83. The highest BCUT2D eigenvalue weighted by Gasteiger charge is 2.16. The summed E-state index contributed by atoms with van der Waals surface area (Å²) < 4.78 is 26.3. The standard InChI is InChI=1S/C22H19F2NO3/c23-18-8-7-16(12-19(18)24)21(27)13-25-22(28)17-11-15(6-9-20(17)26)10-14-4-2-1-3-5-14/h1-9,11-12,21,26-27H,10,13H2,(H,25,28). The first-order valence-electron chi connectivity index (χ1n) is 8.71. The number of nitrogens with one attached hydrogen (secondary N) is 1. The molecule has 0 aliphatic rings. The number of phenols is 1. The second-order valence-electron chi connectivity index (χ2n) is 6.41. The number of hydrogen-bond donors (Lipinski definition) is 3. The maximum absolute atomic E-state index is 13.3. The zero-order chi connectivity index (χ0) is 20.1. The Bertz CT molecular complexity index is 977. The van der Waals surface area contributed by atoms with Crippen molar-refractivity contribution in [3.63, 3.8) is 0 Å². The molecule has 3 aromatic carbocycles. The lowest BCUT2D eigenvalue weighted by molar-refractivity contribution is 0.0913. The number of aliphatic hydroxyl groups excluding tert-OH is 1. The maximum Gasteiger partial charge on any atom is 0.255 e. The highest BCUT2D eigenvalue weighted by Crippen LogP contribution is 2.21. The van der Waals surface area contributed by atoms with Crippen molar-refractivity contribution in [2.24, 2.45) is 0 Å². The van der Waals surface area contributed by atoms with Crippen molar-refractivity contribution in [1.29, 1.82) is 0 Å². The topological polar surface area (TPSA) is 69.6 Å². The zero-order valence-electron chi connectivity index (χ0n) is 14.9. The van der Waals surface area contributed by atoms with Gasteiger partial charge in [-0.2, -0.15) is 0 Å². The van der Waals surface area contributed by atoms with Gasteiger partial charge in [-0.25, -0.2) is 8.78 Å². The van der Waals surface area contributed by atoms with Crippen LogP contribution in [0.3, 0.4) is 0 Å². The van der Waals surface area contributed by atoms with E-state index < -0.39 is 23.6 Å². The number of aromatic hydroxyl groups is 1. The molecule has 0 radical (unpaired) electrons. The Hall–Kier alpha value is -3.25. The maximum atomic E-state index is 13.3. The normalized spacial score (nSPS) is 11.8. The van der Waals surface area contributed by atoms with Crippen molar-refractivity contribution < 1.29 is 23.8 Å². The van der Waals surface area contributed by atoms with Crippen LogP contribution in [0.2, 0.25) is 0 Å². The van der Waals surface area contributed by atoms with Crippen LogP contribution in [0.15, 0.2) is 66.7 Å². The average Bonchev–Trinajstić information content (AvgIpc) is 2.70. The lowest BCUT2D eigenvalue weighted by Crippen LogP contribution is -2.28. The van der Waals surface area contributed by atoms with Gasteiger partial charge in [0.1, 0.15) is 5.75 Å². The van der Waals surface area contributed by atoms with E-state index in [-0.39, 0.29) is 23.4 Å². The van der Waals surface area contributed by atoms with Crippen molar-refractivity contribution in [2.75, 3.05) is 6.54 Å². The number of benzene rings is 3. The lowest BCUT2D eigenvalue weighted by Gasteiger charge is -2.14. The summed E-state index contributed by atoms with van der Waals surface area (Å²) in [6.07, 6.45) is -0.618. The zero-order valence-corrected chi connectivity index (χ0v) is 14.9. The van der Waals surface area contributed by atoms with Gasteiger partial charge in [0.15, 0.2) is 11.6 Å². The third-order valence-electron chi connectivity index (χ3n) is 4.34. The molecule has 0 aliphatic carbocycles. The number of rotatable bonds is 6. The lowest BCUT2D eigenvalue weighted by atomic mass is 10.0. The average molecular weight is 383 g/mol. The first-order chi connectivity index (χ1) is 13.4. The van der Waals surface area contributed by atoms with Crippen molar-refractivity contribution in [2.45, 2.75) is 12.5 Å².